The van der Waals surface area contributed by atoms with Crippen LogP contribution < -0.4 is 5.63 Å². The summed E-state index contributed by atoms with van der Waals surface area (Å²) < 4.78 is 16.6. The number of carbonyl (C=O) groups is 1. The van der Waals surface area contributed by atoms with E-state index in [1.807, 2.05) is 6.92 Å². The van der Waals surface area contributed by atoms with Crippen LogP contribution in [0.5, 0.6) is 0 Å². The average molecular weight is 577 g/mol. The molecular formula is C31H44O10. The second-order valence-corrected chi connectivity index (χ2v) is 13.9. The lowest BCUT2D eigenvalue weighted by atomic mass is 9.41. The number of methoxy groups -OCH3 is 1. The van der Waals surface area contributed by atoms with E-state index in [2.05, 4.69) is 0 Å². The van der Waals surface area contributed by atoms with Crippen molar-refractivity contribution in [2.24, 2.45) is 28.6 Å². The molecule has 10 heteroatoms. The number of carbonyl (C=O) groups excluding carboxylic acids is 1. The molecule has 2 heterocycles. The van der Waals surface area contributed by atoms with Gasteiger partial charge in [0.05, 0.1) is 41.2 Å². The van der Waals surface area contributed by atoms with E-state index < -0.39 is 70.2 Å². The summed E-state index contributed by atoms with van der Waals surface area (Å²) in [5, 5.41) is 57.5. The van der Waals surface area contributed by atoms with Crippen LogP contribution in [0.1, 0.15) is 76.7 Å². The van der Waals surface area contributed by atoms with Crippen LogP contribution in [-0.4, -0.2) is 86.8 Å². The number of rotatable bonds is 4. The highest BCUT2D eigenvalue weighted by molar-refractivity contribution is 5.64. The molecule has 228 valence electrons. The second-order valence-electron chi connectivity index (χ2n) is 13.9. The number of ether oxygens (including phenoxy) is 2. The predicted octanol–water partition coefficient (Wildman–Crippen LogP) is 1.29. The van der Waals surface area contributed by atoms with Gasteiger partial charge < -0.3 is 44.2 Å². The van der Waals surface area contributed by atoms with Crippen molar-refractivity contribution in [2.45, 2.75) is 119 Å². The zero-order valence-corrected chi connectivity index (χ0v) is 24.0. The molecule has 6 rings (SSSR count). The van der Waals surface area contributed by atoms with E-state index >= 15 is 0 Å². The number of aldehydes is 1. The van der Waals surface area contributed by atoms with Gasteiger partial charge in [0.2, 0.25) is 0 Å². The van der Waals surface area contributed by atoms with Gasteiger partial charge in [0.1, 0.15) is 24.6 Å². The molecular weight excluding hydrogens is 532 g/mol. The van der Waals surface area contributed by atoms with Crippen LogP contribution in [0.15, 0.2) is 27.6 Å². The predicted molar refractivity (Wildman–Crippen MR) is 145 cm³/mol. The fourth-order valence-corrected chi connectivity index (χ4v) is 10.4. The Labute approximate surface area is 239 Å². The second kappa shape index (κ2) is 9.94. The first kappa shape index (κ1) is 29.4. The van der Waals surface area contributed by atoms with Gasteiger partial charge in [0, 0.05) is 30.9 Å². The number of fused-ring (bicyclic) bond motifs is 5. The molecule has 41 heavy (non-hydrogen) atoms. The topological polar surface area (TPSA) is 167 Å². The van der Waals surface area contributed by atoms with Gasteiger partial charge in [-0.1, -0.05) is 6.92 Å². The van der Waals surface area contributed by atoms with Crippen LogP contribution in [0.2, 0.25) is 0 Å². The summed E-state index contributed by atoms with van der Waals surface area (Å²) in [7, 11) is 1.44. The highest BCUT2D eigenvalue weighted by Gasteiger charge is 2.73. The Morgan fingerprint density at radius 2 is 1.73 bits per heavy atom. The van der Waals surface area contributed by atoms with E-state index in [9.17, 15) is 35.1 Å². The molecule has 4 aliphatic carbocycles. The number of hydrogen-bond donors (Lipinski definition) is 5. The molecule has 5 N–H and O–H groups in total. The molecule has 0 bridgehead atoms. The van der Waals surface area contributed by atoms with E-state index in [1.165, 1.54) is 19.4 Å². The van der Waals surface area contributed by atoms with E-state index in [0.29, 0.717) is 44.1 Å². The van der Waals surface area contributed by atoms with Gasteiger partial charge in [-0.05, 0) is 81.3 Å². The molecule has 14 unspecified atom stereocenters. The molecule has 14 atom stereocenters. The SMILES string of the molecule is COC1C(O)C(C)OC(C2CCC3(C=O)C4CCC5(C)C(c6ccc(=O)oc6)C(O)CC5(O)C4CCC3(O)C2)C1O. The van der Waals surface area contributed by atoms with Gasteiger partial charge in [-0.2, -0.15) is 0 Å². The van der Waals surface area contributed by atoms with Gasteiger partial charge in [0.15, 0.2) is 0 Å². The van der Waals surface area contributed by atoms with Crippen molar-refractivity contribution in [1.29, 1.82) is 0 Å². The zero-order chi connectivity index (χ0) is 29.5. The van der Waals surface area contributed by atoms with E-state index in [1.54, 1.807) is 13.0 Å². The molecule has 0 aromatic carbocycles. The van der Waals surface area contributed by atoms with Crippen LogP contribution in [0.25, 0.3) is 0 Å². The highest BCUT2D eigenvalue weighted by Crippen LogP contribution is 2.71. The summed E-state index contributed by atoms with van der Waals surface area (Å²) in [4.78, 5) is 24.7. The molecule has 4 saturated carbocycles. The van der Waals surface area contributed by atoms with Crippen molar-refractivity contribution >= 4 is 6.29 Å². The summed E-state index contributed by atoms with van der Waals surface area (Å²) in [5.74, 6) is -1.25. The maximum absolute atomic E-state index is 13.1. The Balaban J connectivity index is 1.29. The first-order chi connectivity index (χ1) is 19.4. The fraction of sp³-hybridized carbons (Fsp3) is 0.806. The Morgan fingerprint density at radius 3 is 2.39 bits per heavy atom. The molecule has 1 aromatic rings. The number of aliphatic hydroxyl groups excluding tert-OH is 3. The van der Waals surface area contributed by atoms with Crippen LogP contribution in [0.4, 0.5) is 0 Å². The highest BCUT2D eigenvalue weighted by atomic mass is 16.6. The van der Waals surface area contributed by atoms with Gasteiger partial charge in [-0.3, -0.25) is 0 Å². The van der Waals surface area contributed by atoms with Crippen molar-refractivity contribution in [2.75, 3.05) is 7.11 Å². The number of aliphatic hydroxyl groups is 5. The van der Waals surface area contributed by atoms with E-state index in [4.69, 9.17) is 13.9 Å². The smallest absolute Gasteiger partial charge is 0.335 e. The minimum Gasteiger partial charge on any atom is -0.431 e. The molecule has 0 amide bonds. The summed E-state index contributed by atoms with van der Waals surface area (Å²) in [6.07, 6.45) is 0.652. The van der Waals surface area contributed by atoms with Crippen molar-refractivity contribution in [3.63, 3.8) is 0 Å². The molecule has 10 nitrogen and oxygen atoms in total. The van der Waals surface area contributed by atoms with Crippen LogP contribution >= 0.6 is 0 Å². The number of hydrogen-bond acceptors (Lipinski definition) is 10. The molecule has 0 spiro atoms. The summed E-state index contributed by atoms with van der Waals surface area (Å²) in [6.45, 7) is 3.73. The van der Waals surface area contributed by atoms with Crippen LogP contribution in [-0.2, 0) is 14.3 Å². The Kier molecular flexibility index (Phi) is 7.13. The van der Waals surface area contributed by atoms with Gasteiger partial charge in [-0.25, -0.2) is 4.79 Å². The van der Waals surface area contributed by atoms with Crippen LogP contribution in [0.3, 0.4) is 0 Å². The monoisotopic (exact) mass is 576 g/mol. The lowest BCUT2D eigenvalue weighted by Crippen LogP contribution is -2.69. The third kappa shape index (κ3) is 3.94. The lowest BCUT2D eigenvalue weighted by molar-refractivity contribution is -0.268. The van der Waals surface area contributed by atoms with Crippen molar-refractivity contribution in [1.82, 2.24) is 0 Å². The molecule has 5 fully saturated rings. The molecule has 1 aliphatic heterocycles. The van der Waals surface area contributed by atoms with E-state index in [-0.39, 0.29) is 30.6 Å². The Morgan fingerprint density at radius 1 is 1.00 bits per heavy atom. The maximum Gasteiger partial charge on any atom is 0.335 e. The standard InChI is InChI=1S/C31H44O10/c1-16-24(35)27(39-3)25(36)26(41-16)17-6-10-29(15-32)19-7-9-28(2)23(18-4-5-22(34)40-14-18)21(33)13-31(28,38)20(19)8-11-30(29,37)12-17/h4-5,14-17,19-21,23-27,33,35-38H,6-13H2,1-3H3. The zero-order valence-electron chi connectivity index (χ0n) is 24.0. The third-order valence-corrected chi connectivity index (χ3v) is 12.5. The van der Waals surface area contributed by atoms with E-state index in [0.717, 1.165) is 6.29 Å². The summed E-state index contributed by atoms with van der Waals surface area (Å²) in [6, 6.07) is 2.99. The van der Waals surface area contributed by atoms with Gasteiger partial charge >= 0.3 is 5.63 Å². The van der Waals surface area contributed by atoms with Crippen LogP contribution in [0, 0.1) is 28.6 Å². The largest absolute Gasteiger partial charge is 0.431 e. The maximum atomic E-state index is 13.1. The first-order valence-electron chi connectivity index (χ1n) is 15.1. The Bertz CT molecular complexity index is 1200. The molecule has 0 radical (unpaired) electrons. The third-order valence-electron chi connectivity index (χ3n) is 12.5. The van der Waals surface area contributed by atoms with Crippen molar-refractivity contribution < 1.29 is 44.2 Å². The first-order valence-corrected chi connectivity index (χ1v) is 15.1. The molecule has 5 aliphatic rings. The van der Waals surface area contributed by atoms with Gasteiger partial charge in [-0.15, -0.1) is 0 Å². The molecule has 1 aromatic heterocycles. The minimum absolute atomic E-state index is 0.144. The summed E-state index contributed by atoms with van der Waals surface area (Å²) in [5.41, 5.74) is -4.20. The minimum atomic E-state index is -1.34. The quantitative estimate of drug-likeness (QED) is 0.330. The lowest BCUT2D eigenvalue weighted by Gasteiger charge is -2.65. The molecule has 1 saturated heterocycles. The fourth-order valence-electron chi connectivity index (χ4n) is 10.4. The van der Waals surface area contributed by atoms with Crippen molar-refractivity contribution in [3.05, 3.63) is 34.4 Å². The van der Waals surface area contributed by atoms with Crippen molar-refractivity contribution in [3.8, 4) is 0 Å². The normalized spacial score (nSPS) is 53.2. The summed E-state index contributed by atoms with van der Waals surface area (Å²) >= 11 is 0. The van der Waals surface area contributed by atoms with Gasteiger partial charge in [0.25, 0.3) is 0 Å². The average Bonchev–Trinajstić information content (AvgIpc) is 3.15. The Hall–Kier alpha value is -1.66.